The summed E-state index contributed by atoms with van der Waals surface area (Å²) >= 11 is 19.7. The Morgan fingerprint density at radius 1 is 1.21 bits per heavy atom. The summed E-state index contributed by atoms with van der Waals surface area (Å²) < 4.78 is 2.79. The average Bonchev–Trinajstić information content (AvgIpc) is 2.89. The van der Waals surface area contributed by atoms with Crippen molar-refractivity contribution in [2.24, 2.45) is 4.99 Å². The van der Waals surface area contributed by atoms with E-state index in [0.29, 0.717) is 26.4 Å². The number of hydrogen-bond acceptors (Lipinski definition) is 2. The van der Waals surface area contributed by atoms with Gasteiger partial charge in [0.2, 0.25) is 0 Å². The van der Waals surface area contributed by atoms with Crippen LogP contribution in [0.5, 0.6) is 0 Å². The SMILES string of the molecule is C=CCn1c(=NC(=O)c2cc(Cl)ccc2Cl)sc2cccc(Cl)c21. The molecule has 0 spiro atoms. The Balaban J connectivity index is 2.21. The number of allylic oxidation sites excluding steroid dienone is 1. The Morgan fingerprint density at radius 2 is 2.00 bits per heavy atom. The molecule has 3 aromatic rings. The van der Waals surface area contributed by atoms with Crippen LogP contribution < -0.4 is 4.80 Å². The van der Waals surface area contributed by atoms with Gasteiger partial charge in [0.25, 0.3) is 5.91 Å². The van der Waals surface area contributed by atoms with Crippen molar-refractivity contribution in [3.05, 3.63) is 74.5 Å². The number of hydrogen-bond donors (Lipinski definition) is 0. The van der Waals surface area contributed by atoms with Crippen molar-refractivity contribution in [2.75, 3.05) is 0 Å². The molecule has 0 aliphatic heterocycles. The first kappa shape index (κ1) is 17.2. The quantitative estimate of drug-likeness (QED) is 0.530. The molecule has 3 nitrogen and oxygen atoms in total. The summed E-state index contributed by atoms with van der Waals surface area (Å²) in [6.45, 7) is 4.24. The molecule has 3 rings (SSSR count). The van der Waals surface area contributed by atoms with Crippen molar-refractivity contribution < 1.29 is 4.79 Å². The van der Waals surface area contributed by atoms with Gasteiger partial charge in [-0.2, -0.15) is 4.99 Å². The molecular weight excluding hydrogens is 387 g/mol. The molecule has 0 aliphatic rings. The minimum Gasteiger partial charge on any atom is -0.311 e. The van der Waals surface area contributed by atoms with Gasteiger partial charge in [0.05, 0.1) is 25.8 Å². The topological polar surface area (TPSA) is 34.4 Å². The van der Waals surface area contributed by atoms with E-state index in [-0.39, 0.29) is 5.56 Å². The summed E-state index contributed by atoms with van der Waals surface area (Å²) in [4.78, 5) is 17.3. The van der Waals surface area contributed by atoms with E-state index < -0.39 is 5.91 Å². The van der Waals surface area contributed by atoms with E-state index in [0.717, 1.165) is 10.2 Å². The van der Waals surface area contributed by atoms with Crippen molar-refractivity contribution in [1.82, 2.24) is 4.57 Å². The normalized spacial score (nSPS) is 11.9. The van der Waals surface area contributed by atoms with E-state index >= 15 is 0 Å². The molecule has 1 aromatic heterocycles. The van der Waals surface area contributed by atoms with E-state index in [1.807, 2.05) is 16.7 Å². The van der Waals surface area contributed by atoms with Gasteiger partial charge in [-0.25, -0.2) is 0 Å². The summed E-state index contributed by atoms with van der Waals surface area (Å²) in [7, 11) is 0. The van der Waals surface area contributed by atoms with Crippen LogP contribution in [-0.2, 0) is 6.54 Å². The highest BCUT2D eigenvalue weighted by molar-refractivity contribution is 7.16. The zero-order chi connectivity index (χ0) is 17.3. The minimum atomic E-state index is -0.456. The molecule has 2 aromatic carbocycles. The number of benzene rings is 2. The first-order chi connectivity index (χ1) is 11.5. The van der Waals surface area contributed by atoms with Crippen LogP contribution in [0.1, 0.15) is 10.4 Å². The highest BCUT2D eigenvalue weighted by atomic mass is 35.5. The van der Waals surface area contributed by atoms with Crippen LogP contribution in [0, 0.1) is 0 Å². The predicted octanol–water partition coefficient (Wildman–Crippen LogP) is 5.59. The Bertz CT molecular complexity index is 1020. The van der Waals surface area contributed by atoms with E-state index in [4.69, 9.17) is 34.8 Å². The molecule has 1 amide bonds. The number of nitrogens with zero attached hydrogens (tertiary/aromatic N) is 2. The largest absolute Gasteiger partial charge is 0.311 e. The van der Waals surface area contributed by atoms with Crippen LogP contribution in [0.4, 0.5) is 0 Å². The molecule has 0 aliphatic carbocycles. The molecule has 0 unspecified atom stereocenters. The van der Waals surface area contributed by atoms with Crippen molar-refractivity contribution >= 4 is 62.3 Å². The highest BCUT2D eigenvalue weighted by Gasteiger charge is 2.13. The summed E-state index contributed by atoms with van der Waals surface area (Å²) in [6.07, 6.45) is 1.73. The van der Waals surface area contributed by atoms with Crippen molar-refractivity contribution in [3.8, 4) is 0 Å². The second-order valence-electron chi connectivity index (χ2n) is 4.91. The zero-order valence-electron chi connectivity index (χ0n) is 12.3. The summed E-state index contributed by atoms with van der Waals surface area (Å²) in [6, 6.07) is 10.3. The predicted molar refractivity (Wildman–Crippen MR) is 101 cm³/mol. The number of rotatable bonds is 3. The summed E-state index contributed by atoms with van der Waals surface area (Å²) in [5.41, 5.74) is 1.09. The van der Waals surface area contributed by atoms with Gasteiger partial charge in [-0.05, 0) is 30.3 Å². The standard InChI is InChI=1S/C17H11Cl3N2OS/c1-2-8-22-15-13(20)4-3-5-14(15)24-17(22)21-16(23)11-9-10(18)6-7-12(11)19/h2-7,9H,1,8H2. The van der Waals surface area contributed by atoms with E-state index in [1.54, 1.807) is 24.3 Å². The molecule has 122 valence electrons. The maximum atomic E-state index is 12.5. The van der Waals surface area contributed by atoms with Crippen LogP contribution >= 0.6 is 46.1 Å². The molecule has 0 bridgehead atoms. The molecule has 0 radical (unpaired) electrons. The van der Waals surface area contributed by atoms with Crippen LogP contribution in [0.15, 0.2) is 54.0 Å². The van der Waals surface area contributed by atoms with E-state index in [1.165, 1.54) is 17.4 Å². The minimum absolute atomic E-state index is 0.262. The van der Waals surface area contributed by atoms with E-state index in [2.05, 4.69) is 11.6 Å². The lowest BCUT2D eigenvalue weighted by molar-refractivity contribution is 0.0998. The monoisotopic (exact) mass is 396 g/mol. The number of carbonyl (C=O) groups excluding carboxylic acids is 1. The van der Waals surface area contributed by atoms with Gasteiger partial charge in [0.1, 0.15) is 0 Å². The van der Waals surface area contributed by atoms with Crippen LogP contribution in [0.2, 0.25) is 15.1 Å². The Labute approximate surface area is 157 Å². The molecule has 0 saturated carbocycles. The average molecular weight is 398 g/mol. The first-order valence-electron chi connectivity index (χ1n) is 6.94. The fourth-order valence-corrected chi connectivity index (χ4v) is 4.05. The van der Waals surface area contributed by atoms with E-state index in [9.17, 15) is 4.79 Å². The molecule has 0 saturated heterocycles. The first-order valence-corrected chi connectivity index (χ1v) is 8.89. The van der Waals surface area contributed by atoms with Gasteiger partial charge in [-0.15, -0.1) is 6.58 Å². The zero-order valence-corrected chi connectivity index (χ0v) is 15.4. The molecule has 0 N–H and O–H groups in total. The molecule has 7 heteroatoms. The summed E-state index contributed by atoms with van der Waals surface area (Å²) in [5, 5.41) is 1.33. The van der Waals surface area contributed by atoms with Gasteiger partial charge < -0.3 is 4.57 Å². The third kappa shape index (κ3) is 3.28. The number of amides is 1. The fraction of sp³-hybridized carbons (Fsp3) is 0.0588. The van der Waals surface area contributed by atoms with Crippen molar-refractivity contribution in [1.29, 1.82) is 0 Å². The Morgan fingerprint density at radius 3 is 2.75 bits per heavy atom. The molecular formula is C17H11Cl3N2OS. The fourth-order valence-electron chi connectivity index (χ4n) is 2.28. The Hall–Kier alpha value is -1.59. The molecule has 0 fully saturated rings. The van der Waals surface area contributed by atoms with Crippen LogP contribution in [0.3, 0.4) is 0 Å². The summed E-state index contributed by atoms with van der Waals surface area (Å²) in [5.74, 6) is -0.456. The number of fused-ring (bicyclic) bond motifs is 1. The third-order valence-electron chi connectivity index (χ3n) is 3.32. The molecule has 0 atom stereocenters. The lowest BCUT2D eigenvalue weighted by atomic mass is 10.2. The number of thiazole rings is 1. The van der Waals surface area contributed by atoms with Gasteiger partial charge in [0, 0.05) is 11.6 Å². The van der Waals surface area contributed by atoms with Gasteiger partial charge in [0.15, 0.2) is 4.80 Å². The number of carbonyl (C=O) groups is 1. The lowest BCUT2D eigenvalue weighted by Crippen LogP contribution is -2.16. The maximum absolute atomic E-state index is 12.5. The number of para-hydroxylation sites is 1. The second-order valence-corrected chi connectivity index (χ2v) is 7.17. The third-order valence-corrected chi connectivity index (χ3v) is 5.23. The van der Waals surface area contributed by atoms with Gasteiger partial charge in [-0.1, -0.05) is 58.3 Å². The number of aromatic nitrogens is 1. The molecule has 24 heavy (non-hydrogen) atoms. The van der Waals surface area contributed by atoms with Gasteiger partial charge >= 0.3 is 0 Å². The highest BCUT2D eigenvalue weighted by Crippen LogP contribution is 2.26. The lowest BCUT2D eigenvalue weighted by Gasteiger charge is -2.03. The maximum Gasteiger partial charge on any atom is 0.281 e. The van der Waals surface area contributed by atoms with Crippen molar-refractivity contribution in [2.45, 2.75) is 6.54 Å². The van der Waals surface area contributed by atoms with Crippen LogP contribution in [0.25, 0.3) is 10.2 Å². The van der Waals surface area contributed by atoms with Crippen molar-refractivity contribution in [3.63, 3.8) is 0 Å². The van der Waals surface area contributed by atoms with Crippen LogP contribution in [-0.4, -0.2) is 10.5 Å². The smallest absolute Gasteiger partial charge is 0.281 e. The number of halogens is 3. The Kier molecular flexibility index (Phi) is 5.11. The molecule has 1 heterocycles. The van der Waals surface area contributed by atoms with Gasteiger partial charge in [-0.3, -0.25) is 4.79 Å². The second kappa shape index (κ2) is 7.11.